The molecular weight excluding hydrogens is 300 g/mol. The Morgan fingerprint density at radius 2 is 2.21 bits per heavy atom. The van der Waals surface area contributed by atoms with E-state index in [-0.39, 0.29) is 12.6 Å². The van der Waals surface area contributed by atoms with Gasteiger partial charge < -0.3 is 10.0 Å². The van der Waals surface area contributed by atoms with E-state index in [1.165, 1.54) is 0 Å². The number of aliphatic hydroxyl groups excluding tert-OH is 1. The molecule has 0 amide bonds. The fraction of sp³-hybridized carbons (Fsp3) is 0.368. The zero-order chi connectivity index (χ0) is 16.9. The molecule has 1 aliphatic rings. The van der Waals surface area contributed by atoms with Crippen LogP contribution in [0.15, 0.2) is 42.6 Å². The summed E-state index contributed by atoms with van der Waals surface area (Å²) in [6, 6.07) is 14.0. The third-order valence-electron chi connectivity index (χ3n) is 4.62. The third kappa shape index (κ3) is 3.56. The summed E-state index contributed by atoms with van der Waals surface area (Å²) in [6.07, 6.45) is 2.70. The number of hydrogen-bond acceptors (Lipinski definition) is 5. The first-order valence-electron chi connectivity index (χ1n) is 8.20. The van der Waals surface area contributed by atoms with Crippen molar-refractivity contribution in [2.24, 2.45) is 0 Å². The van der Waals surface area contributed by atoms with Crippen LogP contribution in [0.2, 0.25) is 0 Å². The monoisotopic (exact) mass is 322 g/mol. The van der Waals surface area contributed by atoms with Crippen LogP contribution in [0, 0.1) is 11.3 Å². The van der Waals surface area contributed by atoms with Gasteiger partial charge in [-0.1, -0.05) is 12.1 Å². The molecule has 0 aliphatic carbocycles. The van der Waals surface area contributed by atoms with Crippen LogP contribution in [0.1, 0.15) is 23.2 Å². The summed E-state index contributed by atoms with van der Waals surface area (Å²) < 4.78 is 0. The summed E-state index contributed by atoms with van der Waals surface area (Å²) in [5, 5.41) is 18.8. The van der Waals surface area contributed by atoms with Crippen LogP contribution in [0.5, 0.6) is 0 Å². The van der Waals surface area contributed by atoms with Crippen LogP contribution in [-0.4, -0.2) is 41.2 Å². The highest BCUT2D eigenvalue weighted by Gasteiger charge is 2.23. The smallest absolute Gasteiger partial charge is 0.0991 e. The van der Waals surface area contributed by atoms with Crippen molar-refractivity contribution in [1.29, 1.82) is 5.26 Å². The molecule has 2 heterocycles. The molecule has 1 unspecified atom stereocenters. The number of nitriles is 1. The highest BCUT2D eigenvalue weighted by atomic mass is 16.3. The highest BCUT2D eigenvalue weighted by Crippen LogP contribution is 2.25. The van der Waals surface area contributed by atoms with Gasteiger partial charge in [0.25, 0.3) is 0 Å². The molecule has 0 bridgehead atoms. The Bertz CT molecular complexity index is 740. The Morgan fingerprint density at radius 3 is 3.00 bits per heavy atom. The van der Waals surface area contributed by atoms with Crippen molar-refractivity contribution in [1.82, 2.24) is 9.88 Å². The quantitative estimate of drug-likeness (QED) is 0.938. The van der Waals surface area contributed by atoms with E-state index in [1.54, 1.807) is 0 Å². The molecule has 1 atom stereocenters. The standard InChI is InChI=1S/C19H22N4O/c1-22-17(14-24)7-9-23(13-18-19(22)6-3-8-21-18)12-16-5-2-4-15(10-16)11-20/h2-6,8,10,17,24H,7,9,12-14H2,1H3. The molecular formula is C19H22N4O. The first-order valence-corrected chi connectivity index (χ1v) is 8.20. The number of hydrogen-bond donors (Lipinski definition) is 1. The number of likely N-dealkylation sites (N-methyl/N-ethyl adjacent to an activating group) is 1. The molecule has 1 aromatic carbocycles. The number of benzene rings is 1. The van der Waals surface area contributed by atoms with E-state index in [9.17, 15) is 5.11 Å². The molecule has 0 saturated heterocycles. The Balaban J connectivity index is 1.85. The van der Waals surface area contributed by atoms with E-state index in [4.69, 9.17) is 5.26 Å². The number of anilines is 1. The molecule has 0 saturated carbocycles. The maximum Gasteiger partial charge on any atom is 0.0991 e. The Hall–Kier alpha value is -2.42. The van der Waals surface area contributed by atoms with E-state index in [0.29, 0.717) is 5.56 Å². The zero-order valence-electron chi connectivity index (χ0n) is 13.9. The van der Waals surface area contributed by atoms with Gasteiger partial charge in [-0.3, -0.25) is 9.88 Å². The minimum absolute atomic E-state index is 0.0844. The lowest BCUT2D eigenvalue weighted by Gasteiger charge is -2.35. The summed E-state index contributed by atoms with van der Waals surface area (Å²) in [5.41, 5.74) is 3.91. The number of aromatic nitrogens is 1. The maximum atomic E-state index is 9.73. The average molecular weight is 322 g/mol. The minimum Gasteiger partial charge on any atom is -0.394 e. The molecule has 1 N–H and O–H groups in total. The SMILES string of the molecule is CN1c2cccnc2CN(Cc2cccc(C#N)c2)CCC1CO. The second-order valence-corrected chi connectivity index (χ2v) is 6.23. The number of aliphatic hydroxyl groups is 1. The van der Waals surface area contributed by atoms with Crippen molar-refractivity contribution < 1.29 is 5.11 Å². The van der Waals surface area contributed by atoms with Gasteiger partial charge in [-0.25, -0.2) is 0 Å². The van der Waals surface area contributed by atoms with Gasteiger partial charge in [0, 0.05) is 32.9 Å². The van der Waals surface area contributed by atoms with Crippen LogP contribution in [-0.2, 0) is 13.1 Å². The van der Waals surface area contributed by atoms with Crippen molar-refractivity contribution in [3.05, 3.63) is 59.4 Å². The molecule has 0 spiro atoms. The molecule has 5 heteroatoms. The van der Waals surface area contributed by atoms with Gasteiger partial charge in [-0.2, -0.15) is 5.26 Å². The number of nitrogens with zero attached hydrogens (tertiary/aromatic N) is 4. The first-order chi connectivity index (χ1) is 11.7. The average Bonchev–Trinajstić information content (AvgIpc) is 2.61. The second kappa shape index (κ2) is 7.43. The second-order valence-electron chi connectivity index (χ2n) is 6.23. The maximum absolute atomic E-state index is 9.73. The highest BCUT2D eigenvalue weighted by molar-refractivity contribution is 5.51. The molecule has 1 aliphatic heterocycles. The first kappa shape index (κ1) is 16.4. The van der Waals surface area contributed by atoms with Crippen LogP contribution in [0.3, 0.4) is 0 Å². The van der Waals surface area contributed by atoms with E-state index < -0.39 is 0 Å². The fourth-order valence-corrected chi connectivity index (χ4v) is 3.23. The Kier molecular flexibility index (Phi) is 5.09. The predicted octanol–water partition coefficient (Wildman–Crippen LogP) is 2.16. The van der Waals surface area contributed by atoms with Crippen molar-refractivity contribution in [2.45, 2.75) is 25.6 Å². The van der Waals surface area contributed by atoms with Gasteiger partial charge in [0.05, 0.1) is 35.7 Å². The van der Waals surface area contributed by atoms with Crippen molar-refractivity contribution in [2.75, 3.05) is 25.1 Å². The van der Waals surface area contributed by atoms with Gasteiger partial charge in [0.15, 0.2) is 0 Å². The zero-order valence-corrected chi connectivity index (χ0v) is 13.9. The van der Waals surface area contributed by atoms with Crippen LogP contribution in [0.4, 0.5) is 5.69 Å². The molecule has 2 aromatic rings. The lowest BCUT2D eigenvalue weighted by atomic mass is 10.1. The van der Waals surface area contributed by atoms with Gasteiger partial charge in [-0.05, 0) is 36.2 Å². The van der Waals surface area contributed by atoms with Gasteiger partial charge in [0.2, 0.25) is 0 Å². The molecule has 24 heavy (non-hydrogen) atoms. The fourth-order valence-electron chi connectivity index (χ4n) is 3.23. The predicted molar refractivity (Wildman–Crippen MR) is 93.4 cm³/mol. The summed E-state index contributed by atoms with van der Waals surface area (Å²) >= 11 is 0. The van der Waals surface area contributed by atoms with E-state index in [0.717, 1.165) is 43.0 Å². The van der Waals surface area contributed by atoms with Crippen molar-refractivity contribution >= 4 is 5.69 Å². The summed E-state index contributed by atoms with van der Waals surface area (Å²) in [4.78, 5) is 9.01. The number of pyridine rings is 1. The van der Waals surface area contributed by atoms with Crippen LogP contribution >= 0.6 is 0 Å². The van der Waals surface area contributed by atoms with E-state index in [1.807, 2.05) is 37.5 Å². The summed E-state index contributed by atoms with van der Waals surface area (Å²) in [6.45, 7) is 2.54. The molecule has 5 nitrogen and oxygen atoms in total. The number of fused-ring (bicyclic) bond motifs is 1. The summed E-state index contributed by atoms with van der Waals surface area (Å²) in [5.74, 6) is 0. The molecule has 0 radical (unpaired) electrons. The Labute approximate surface area is 142 Å². The van der Waals surface area contributed by atoms with Gasteiger partial charge in [0.1, 0.15) is 0 Å². The van der Waals surface area contributed by atoms with E-state index in [2.05, 4.69) is 33.0 Å². The lowest BCUT2D eigenvalue weighted by molar-refractivity contribution is 0.204. The minimum atomic E-state index is 0.0844. The molecule has 0 fully saturated rings. The van der Waals surface area contributed by atoms with Crippen LogP contribution in [0.25, 0.3) is 0 Å². The van der Waals surface area contributed by atoms with Crippen molar-refractivity contribution in [3.63, 3.8) is 0 Å². The van der Waals surface area contributed by atoms with Crippen molar-refractivity contribution in [3.8, 4) is 6.07 Å². The number of rotatable bonds is 3. The lowest BCUT2D eigenvalue weighted by Crippen LogP contribution is -2.41. The molecule has 124 valence electrons. The van der Waals surface area contributed by atoms with Gasteiger partial charge in [-0.15, -0.1) is 0 Å². The molecule has 3 rings (SSSR count). The third-order valence-corrected chi connectivity index (χ3v) is 4.62. The molecule has 1 aromatic heterocycles. The topological polar surface area (TPSA) is 63.4 Å². The largest absolute Gasteiger partial charge is 0.394 e. The van der Waals surface area contributed by atoms with Crippen LogP contribution < -0.4 is 4.90 Å². The normalized spacial score (nSPS) is 18.4. The Morgan fingerprint density at radius 1 is 1.33 bits per heavy atom. The summed E-state index contributed by atoms with van der Waals surface area (Å²) in [7, 11) is 2.02. The van der Waals surface area contributed by atoms with Gasteiger partial charge >= 0.3 is 0 Å². The van der Waals surface area contributed by atoms with E-state index >= 15 is 0 Å².